The normalized spacial score (nSPS) is 12.3. The summed E-state index contributed by atoms with van der Waals surface area (Å²) < 4.78 is 3.85. The third kappa shape index (κ3) is 5.35. The minimum absolute atomic E-state index is 0.214. The van der Waals surface area contributed by atoms with Gasteiger partial charge in [0.15, 0.2) is 5.69 Å². The number of aromatic nitrogens is 2. The van der Waals surface area contributed by atoms with Gasteiger partial charge in [-0.05, 0) is 70.3 Å². The second-order valence-corrected chi connectivity index (χ2v) is 9.42. The van der Waals surface area contributed by atoms with E-state index in [-0.39, 0.29) is 17.5 Å². The fourth-order valence-corrected chi connectivity index (χ4v) is 3.86. The van der Waals surface area contributed by atoms with Crippen LogP contribution in [-0.4, -0.2) is 26.9 Å². The molecule has 0 fully saturated rings. The maximum Gasteiger partial charge on any atom is 0.280 e. The number of hydrogen-bond acceptors (Lipinski definition) is 5. The van der Waals surface area contributed by atoms with Gasteiger partial charge in [-0.2, -0.15) is 0 Å². The molecular formula is C24H28N4O2S. The Morgan fingerprint density at radius 1 is 1.00 bits per heavy atom. The molecule has 0 aliphatic rings. The molecule has 1 heterocycles. The van der Waals surface area contributed by atoms with Crippen molar-refractivity contribution in [1.29, 1.82) is 0 Å². The first kappa shape index (κ1) is 22.6. The van der Waals surface area contributed by atoms with Gasteiger partial charge in [-0.25, -0.2) is 0 Å². The van der Waals surface area contributed by atoms with Gasteiger partial charge < -0.3 is 5.32 Å². The van der Waals surface area contributed by atoms with Crippen LogP contribution in [0.3, 0.4) is 0 Å². The molecule has 7 heteroatoms. The van der Waals surface area contributed by atoms with E-state index in [1.165, 1.54) is 4.90 Å². The predicted molar refractivity (Wildman–Crippen MR) is 124 cm³/mol. The Bertz CT molecular complexity index is 1070. The standard InChI is InChI=1S/C24H28N4O2S/c1-15-7-10-18(11-8-15)21(22(29)25-24(4,5)6)28(23(30)19-14-31-27-26-19)20-12-9-16(2)13-17(20)3/h7-14,21H,1-6H3,(H,25,29)/t21-/m0/s1. The van der Waals surface area contributed by atoms with E-state index in [0.29, 0.717) is 5.69 Å². The number of benzene rings is 2. The Morgan fingerprint density at radius 2 is 1.65 bits per heavy atom. The van der Waals surface area contributed by atoms with E-state index in [0.717, 1.165) is 33.8 Å². The van der Waals surface area contributed by atoms with Crippen molar-refractivity contribution >= 4 is 29.0 Å². The first-order valence-electron chi connectivity index (χ1n) is 10.1. The average molecular weight is 437 g/mol. The van der Waals surface area contributed by atoms with Gasteiger partial charge in [0.25, 0.3) is 5.91 Å². The molecule has 6 nitrogen and oxygen atoms in total. The molecule has 0 unspecified atom stereocenters. The summed E-state index contributed by atoms with van der Waals surface area (Å²) in [6.45, 7) is 11.7. The summed E-state index contributed by atoms with van der Waals surface area (Å²) in [5, 5.41) is 8.63. The van der Waals surface area contributed by atoms with Gasteiger partial charge in [0.1, 0.15) is 6.04 Å². The molecule has 0 saturated carbocycles. The smallest absolute Gasteiger partial charge is 0.280 e. The highest BCUT2D eigenvalue weighted by Gasteiger charge is 2.36. The molecule has 1 atom stereocenters. The number of hydrogen-bond donors (Lipinski definition) is 1. The van der Waals surface area contributed by atoms with E-state index in [2.05, 4.69) is 14.9 Å². The maximum absolute atomic E-state index is 13.6. The SMILES string of the molecule is Cc1ccc([C@@H](C(=O)NC(C)(C)C)N(C(=O)c2csnn2)c2ccc(C)cc2C)cc1. The summed E-state index contributed by atoms with van der Waals surface area (Å²) >= 11 is 1.11. The van der Waals surface area contributed by atoms with E-state index in [1.807, 2.05) is 84.0 Å². The monoisotopic (exact) mass is 436 g/mol. The van der Waals surface area contributed by atoms with Crippen LogP contribution < -0.4 is 10.2 Å². The lowest BCUT2D eigenvalue weighted by Gasteiger charge is -2.34. The zero-order valence-electron chi connectivity index (χ0n) is 18.8. The van der Waals surface area contributed by atoms with Crippen LogP contribution in [0.4, 0.5) is 5.69 Å². The van der Waals surface area contributed by atoms with Gasteiger partial charge in [-0.3, -0.25) is 14.5 Å². The molecule has 31 heavy (non-hydrogen) atoms. The van der Waals surface area contributed by atoms with Gasteiger partial charge >= 0.3 is 0 Å². The van der Waals surface area contributed by atoms with E-state index < -0.39 is 11.6 Å². The lowest BCUT2D eigenvalue weighted by atomic mass is 9.98. The molecule has 3 rings (SSSR count). The molecule has 2 amide bonds. The van der Waals surface area contributed by atoms with Gasteiger partial charge in [-0.1, -0.05) is 52.0 Å². The summed E-state index contributed by atoms with van der Waals surface area (Å²) in [5.74, 6) is -0.622. The van der Waals surface area contributed by atoms with Crippen LogP contribution >= 0.6 is 11.5 Å². The quantitative estimate of drug-likeness (QED) is 0.625. The van der Waals surface area contributed by atoms with E-state index in [1.54, 1.807) is 5.38 Å². The fourth-order valence-electron chi connectivity index (χ4n) is 3.43. The van der Waals surface area contributed by atoms with Crippen LogP contribution in [0.5, 0.6) is 0 Å². The molecule has 1 aromatic heterocycles. The molecule has 0 bridgehead atoms. The van der Waals surface area contributed by atoms with Crippen LogP contribution in [0.2, 0.25) is 0 Å². The summed E-state index contributed by atoms with van der Waals surface area (Å²) in [4.78, 5) is 28.8. The number of rotatable bonds is 5. The van der Waals surface area contributed by atoms with Crippen molar-refractivity contribution in [3.63, 3.8) is 0 Å². The topological polar surface area (TPSA) is 75.2 Å². The third-order valence-electron chi connectivity index (χ3n) is 4.81. The maximum atomic E-state index is 13.6. The minimum Gasteiger partial charge on any atom is -0.349 e. The van der Waals surface area contributed by atoms with Crippen LogP contribution in [0.1, 0.15) is 59.6 Å². The zero-order chi connectivity index (χ0) is 22.8. The predicted octanol–water partition coefficient (Wildman–Crippen LogP) is 4.77. The lowest BCUT2D eigenvalue weighted by molar-refractivity contribution is -0.123. The van der Waals surface area contributed by atoms with Crippen molar-refractivity contribution < 1.29 is 9.59 Å². The van der Waals surface area contributed by atoms with Gasteiger partial charge in [0.2, 0.25) is 5.91 Å². The number of nitrogens with zero attached hydrogens (tertiary/aromatic N) is 3. The molecule has 162 valence electrons. The van der Waals surface area contributed by atoms with E-state index in [4.69, 9.17) is 0 Å². The Hall–Kier alpha value is -3.06. The molecule has 0 spiro atoms. The summed E-state index contributed by atoms with van der Waals surface area (Å²) in [6.07, 6.45) is 0. The number of carbonyl (C=O) groups excluding carboxylic acids is 2. The second-order valence-electron chi connectivity index (χ2n) is 8.81. The molecule has 1 N–H and O–H groups in total. The highest BCUT2D eigenvalue weighted by atomic mass is 32.1. The molecule has 0 saturated heterocycles. The Kier molecular flexibility index (Phi) is 6.55. The van der Waals surface area contributed by atoms with E-state index >= 15 is 0 Å². The molecule has 0 aliphatic carbocycles. The van der Waals surface area contributed by atoms with E-state index in [9.17, 15) is 9.59 Å². The van der Waals surface area contributed by atoms with Crippen LogP contribution in [-0.2, 0) is 4.79 Å². The van der Waals surface area contributed by atoms with Gasteiger partial charge in [0.05, 0.1) is 0 Å². The summed E-state index contributed by atoms with van der Waals surface area (Å²) in [6, 6.07) is 12.6. The molecule has 0 aliphatic heterocycles. The number of amides is 2. The number of anilines is 1. The van der Waals surface area contributed by atoms with Gasteiger partial charge in [0, 0.05) is 16.6 Å². The number of carbonyl (C=O) groups is 2. The van der Waals surface area contributed by atoms with Crippen molar-refractivity contribution in [2.24, 2.45) is 0 Å². The van der Waals surface area contributed by atoms with Crippen LogP contribution in [0.25, 0.3) is 0 Å². The molecule has 3 aromatic rings. The fraction of sp³-hybridized carbons (Fsp3) is 0.333. The lowest BCUT2D eigenvalue weighted by Crippen LogP contribution is -2.49. The van der Waals surface area contributed by atoms with Crippen molar-refractivity contribution in [1.82, 2.24) is 14.9 Å². The highest BCUT2D eigenvalue weighted by molar-refractivity contribution is 7.03. The number of nitrogens with one attached hydrogen (secondary N) is 1. The van der Waals surface area contributed by atoms with Crippen molar-refractivity contribution in [2.75, 3.05) is 4.90 Å². The van der Waals surface area contributed by atoms with Crippen molar-refractivity contribution in [2.45, 2.75) is 53.1 Å². The highest BCUT2D eigenvalue weighted by Crippen LogP contribution is 2.33. The van der Waals surface area contributed by atoms with Crippen LogP contribution in [0.15, 0.2) is 47.8 Å². The molecule has 0 radical (unpaired) electrons. The largest absolute Gasteiger partial charge is 0.349 e. The minimum atomic E-state index is -0.865. The second kappa shape index (κ2) is 8.98. The van der Waals surface area contributed by atoms with Crippen molar-refractivity contribution in [3.8, 4) is 0 Å². The third-order valence-corrected chi connectivity index (χ3v) is 5.31. The Labute approximate surface area is 187 Å². The van der Waals surface area contributed by atoms with Crippen molar-refractivity contribution in [3.05, 3.63) is 75.8 Å². The Morgan fingerprint density at radius 3 is 2.19 bits per heavy atom. The summed E-state index contributed by atoms with van der Waals surface area (Å²) in [7, 11) is 0. The average Bonchev–Trinajstić information content (AvgIpc) is 3.21. The first-order valence-corrected chi connectivity index (χ1v) is 11.0. The Balaban J connectivity index is 2.21. The molecular weight excluding hydrogens is 408 g/mol. The van der Waals surface area contributed by atoms with Crippen LogP contribution in [0, 0.1) is 20.8 Å². The summed E-state index contributed by atoms with van der Waals surface area (Å²) in [5.41, 5.74) is 4.20. The molecule has 2 aromatic carbocycles. The first-order chi connectivity index (χ1) is 14.6. The zero-order valence-corrected chi connectivity index (χ0v) is 19.6. The van der Waals surface area contributed by atoms with Gasteiger partial charge in [-0.15, -0.1) is 5.10 Å². The number of aryl methyl sites for hydroxylation is 3.